The SMILES string of the molecule is CCCN(CCC)C(=O)c1cc(-c2nnc([C@](C)(N)Cc3ccccc3)o2)cc(N(C)S(C)(=O)=O)c1. The molecule has 10 heteroatoms. The van der Waals surface area contributed by atoms with E-state index in [0.717, 1.165) is 29.0 Å². The summed E-state index contributed by atoms with van der Waals surface area (Å²) < 4.78 is 31.6. The average molecular weight is 514 g/mol. The number of rotatable bonds is 11. The van der Waals surface area contributed by atoms with Gasteiger partial charge in [0.2, 0.25) is 21.8 Å². The summed E-state index contributed by atoms with van der Waals surface area (Å²) in [5.41, 5.74) is 7.75. The summed E-state index contributed by atoms with van der Waals surface area (Å²) in [6, 6.07) is 14.6. The highest BCUT2D eigenvalue weighted by atomic mass is 32.2. The van der Waals surface area contributed by atoms with E-state index in [1.165, 1.54) is 7.05 Å². The van der Waals surface area contributed by atoms with Gasteiger partial charge in [-0.25, -0.2) is 8.42 Å². The lowest BCUT2D eigenvalue weighted by molar-refractivity contribution is 0.0755. The fourth-order valence-electron chi connectivity index (χ4n) is 3.93. The van der Waals surface area contributed by atoms with E-state index in [9.17, 15) is 13.2 Å². The molecule has 0 saturated heterocycles. The molecule has 0 radical (unpaired) electrons. The highest BCUT2D eigenvalue weighted by Crippen LogP contribution is 2.30. The second-order valence-electron chi connectivity index (χ2n) is 9.28. The Morgan fingerprint density at radius 1 is 1.06 bits per heavy atom. The second-order valence-corrected chi connectivity index (χ2v) is 11.3. The van der Waals surface area contributed by atoms with Gasteiger partial charge in [-0.3, -0.25) is 9.10 Å². The van der Waals surface area contributed by atoms with Crippen LogP contribution in [0.5, 0.6) is 0 Å². The van der Waals surface area contributed by atoms with Crippen molar-refractivity contribution in [1.29, 1.82) is 0 Å². The summed E-state index contributed by atoms with van der Waals surface area (Å²) in [5.74, 6) is 0.218. The molecule has 36 heavy (non-hydrogen) atoms. The van der Waals surface area contributed by atoms with E-state index in [1.54, 1.807) is 23.1 Å². The van der Waals surface area contributed by atoms with Crippen LogP contribution in [0.4, 0.5) is 5.69 Å². The highest BCUT2D eigenvalue weighted by molar-refractivity contribution is 7.92. The van der Waals surface area contributed by atoms with Crippen LogP contribution in [-0.2, 0) is 22.0 Å². The number of benzene rings is 2. The molecule has 1 aromatic heterocycles. The van der Waals surface area contributed by atoms with Crippen molar-refractivity contribution in [3.05, 3.63) is 65.5 Å². The molecule has 3 aromatic rings. The Hall–Kier alpha value is -3.24. The molecular weight excluding hydrogens is 478 g/mol. The lowest BCUT2D eigenvalue weighted by Crippen LogP contribution is -2.35. The smallest absolute Gasteiger partial charge is 0.253 e. The fourth-order valence-corrected chi connectivity index (χ4v) is 4.42. The van der Waals surface area contributed by atoms with Crippen LogP contribution in [0.1, 0.15) is 55.4 Å². The van der Waals surface area contributed by atoms with Crippen molar-refractivity contribution in [1.82, 2.24) is 15.1 Å². The Morgan fingerprint density at radius 3 is 2.28 bits per heavy atom. The number of sulfonamides is 1. The van der Waals surface area contributed by atoms with Crippen LogP contribution in [0.25, 0.3) is 11.5 Å². The minimum Gasteiger partial charge on any atom is -0.419 e. The number of hydrogen-bond acceptors (Lipinski definition) is 7. The molecule has 0 spiro atoms. The molecule has 1 amide bonds. The van der Waals surface area contributed by atoms with E-state index in [1.807, 2.05) is 51.1 Å². The molecule has 9 nitrogen and oxygen atoms in total. The predicted octanol–water partition coefficient (Wildman–Crippen LogP) is 3.81. The zero-order valence-electron chi connectivity index (χ0n) is 21.6. The first-order valence-corrected chi connectivity index (χ1v) is 13.9. The van der Waals surface area contributed by atoms with Crippen molar-refractivity contribution in [2.24, 2.45) is 5.73 Å². The topological polar surface area (TPSA) is 123 Å². The summed E-state index contributed by atoms with van der Waals surface area (Å²) in [6.07, 6.45) is 3.21. The molecule has 0 aliphatic heterocycles. The van der Waals surface area contributed by atoms with Gasteiger partial charge in [0.15, 0.2) is 0 Å². The van der Waals surface area contributed by atoms with E-state index in [-0.39, 0.29) is 17.7 Å². The van der Waals surface area contributed by atoms with Crippen LogP contribution in [0.15, 0.2) is 52.9 Å². The summed E-state index contributed by atoms with van der Waals surface area (Å²) in [7, 11) is -2.13. The normalized spacial score (nSPS) is 13.3. The van der Waals surface area contributed by atoms with E-state index >= 15 is 0 Å². The van der Waals surface area contributed by atoms with Crippen molar-refractivity contribution in [2.75, 3.05) is 30.7 Å². The Kier molecular flexibility index (Phi) is 8.52. The minimum atomic E-state index is -3.57. The molecule has 0 aliphatic rings. The van der Waals surface area contributed by atoms with Gasteiger partial charge in [-0.15, -0.1) is 10.2 Å². The monoisotopic (exact) mass is 513 g/mol. The number of amides is 1. The third-order valence-electron chi connectivity index (χ3n) is 5.87. The molecule has 0 fully saturated rings. The molecule has 1 atom stereocenters. The van der Waals surface area contributed by atoms with Crippen LogP contribution < -0.4 is 10.0 Å². The molecule has 0 bridgehead atoms. The van der Waals surface area contributed by atoms with E-state index in [0.29, 0.717) is 36.3 Å². The van der Waals surface area contributed by atoms with Crippen LogP contribution in [0, 0.1) is 0 Å². The lowest BCUT2D eigenvalue weighted by Gasteiger charge is -2.23. The van der Waals surface area contributed by atoms with Gasteiger partial charge in [-0.05, 0) is 49.9 Å². The number of hydrogen-bond donors (Lipinski definition) is 1. The Morgan fingerprint density at radius 2 is 1.69 bits per heavy atom. The predicted molar refractivity (Wildman–Crippen MR) is 141 cm³/mol. The summed E-state index contributed by atoms with van der Waals surface area (Å²) in [6.45, 7) is 7.03. The van der Waals surface area contributed by atoms with Crippen LogP contribution in [-0.4, -0.2) is 55.8 Å². The van der Waals surface area contributed by atoms with Gasteiger partial charge in [0.1, 0.15) is 0 Å². The standard InChI is InChI=1S/C26H35N5O4S/c1-6-13-31(14-7-2)24(32)21-15-20(16-22(17-21)30(4)36(5,33)34)23-28-29-25(35-23)26(3,27)18-19-11-9-8-10-12-19/h8-12,15-17H,6-7,13-14,18,27H2,1-5H3/t26-/m1/s1. The first kappa shape index (κ1) is 27.3. The molecule has 0 unspecified atom stereocenters. The molecule has 1 heterocycles. The van der Waals surface area contributed by atoms with Gasteiger partial charge in [-0.1, -0.05) is 44.2 Å². The van der Waals surface area contributed by atoms with E-state index in [2.05, 4.69) is 10.2 Å². The van der Waals surface area contributed by atoms with Crippen molar-refractivity contribution in [3.63, 3.8) is 0 Å². The van der Waals surface area contributed by atoms with Crippen molar-refractivity contribution < 1.29 is 17.6 Å². The van der Waals surface area contributed by atoms with Crippen molar-refractivity contribution in [2.45, 2.75) is 45.6 Å². The van der Waals surface area contributed by atoms with Gasteiger partial charge in [0.25, 0.3) is 5.91 Å². The van der Waals surface area contributed by atoms with Crippen LogP contribution in [0.3, 0.4) is 0 Å². The second kappa shape index (κ2) is 11.2. The highest BCUT2D eigenvalue weighted by Gasteiger charge is 2.29. The van der Waals surface area contributed by atoms with Gasteiger partial charge in [0, 0.05) is 31.3 Å². The van der Waals surface area contributed by atoms with E-state index in [4.69, 9.17) is 10.2 Å². The Balaban J connectivity index is 2.04. The summed E-state index contributed by atoms with van der Waals surface area (Å²) in [5, 5.41) is 8.37. The first-order valence-electron chi connectivity index (χ1n) is 12.0. The molecular formula is C26H35N5O4S. The number of anilines is 1. The summed E-state index contributed by atoms with van der Waals surface area (Å²) in [4.78, 5) is 15.1. The van der Waals surface area contributed by atoms with Gasteiger partial charge >= 0.3 is 0 Å². The number of carbonyl (C=O) groups excluding carboxylic acids is 1. The maximum absolute atomic E-state index is 13.4. The number of aromatic nitrogens is 2. The third-order valence-corrected chi connectivity index (χ3v) is 7.08. The van der Waals surface area contributed by atoms with Gasteiger partial charge < -0.3 is 15.1 Å². The van der Waals surface area contributed by atoms with Crippen molar-refractivity contribution >= 4 is 21.6 Å². The molecule has 0 aliphatic carbocycles. The quantitative estimate of drug-likeness (QED) is 0.414. The number of nitrogens with zero attached hydrogens (tertiary/aromatic N) is 4. The molecule has 2 N–H and O–H groups in total. The average Bonchev–Trinajstić information content (AvgIpc) is 3.34. The Labute approximate surface area is 213 Å². The van der Waals surface area contributed by atoms with Gasteiger partial charge in [-0.2, -0.15) is 0 Å². The largest absolute Gasteiger partial charge is 0.419 e. The lowest BCUT2D eigenvalue weighted by atomic mass is 9.94. The maximum atomic E-state index is 13.4. The third kappa shape index (κ3) is 6.50. The first-order chi connectivity index (χ1) is 17.0. The van der Waals surface area contributed by atoms with Crippen LogP contribution >= 0.6 is 0 Å². The molecule has 194 valence electrons. The number of nitrogens with two attached hydrogens (primary N) is 1. The minimum absolute atomic E-state index is 0.157. The summed E-state index contributed by atoms with van der Waals surface area (Å²) >= 11 is 0. The molecule has 0 saturated carbocycles. The molecule has 3 rings (SSSR count). The maximum Gasteiger partial charge on any atom is 0.253 e. The number of carbonyl (C=O) groups is 1. The van der Waals surface area contributed by atoms with E-state index < -0.39 is 15.6 Å². The van der Waals surface area contributed by atoms with Crippen LogP contribution in [0.2, 0.25) is 0 Å². The fraction of sp³-hybridized carbons (Fsp3) is 0.423. The zero-order chi connectivity index (χ0) is 26.5. The molecule has 2 aromatic carbocycles. The van der Waals surface area contributed by atoms with Crippen molar-refractivity contribution in [3.8, 4) is 11.5 Å². The zero-order valence-corrected chi connectivity index (χ0v) is 22.4. The Bertz CT molecular complexity index is 1280. The van der Waals surface area contributed by atoms with Gasteiger partial charge in [0.05, 0.1) is 17.5 Å².